The van der Waals surface area contributed by atoms with Crippen LogP contribution in [-0.2, 0) is 25.7 Å². The zero-order valence-electron chi connectivity index (χ0n) is 9.59. The Morgan fingerprint density at radius 2 is 1.94 bits per heavy atom. The second kappa shape index (κ2) is 7.22. The molecule has 0 aromatic heterocycles. The summed E-state index contributed by atoms with van der Waals surface area (Å²) in [6, 6.07) is 9.50. The number of carbonyl (C=O) groups excluding carboxylic acids is 2. The summed E-state index contributed by atoms with van der Waals surface area (Å²) in [5, 5.41) is 0. The van der Waals surface area contributed by atoms with Crippen LogP contribution in [0.25, 0.3) is 0 Å². The molecule has 0 saturated carbocycles. The molecule has 0 spiro atoms. The zero-order valence-corrected chi connectivity index (χ0v) is 9.59. The van der Waals surface area contributed by atoms with Crippen molar-refractivity contribution in [2.45, 2.75) is 13.5 Å². The summed E-state index contributed by atoms with van der Waals surface area (Å²) in [7, 11) is 0. The molecule has 90 valence electrons. The van der Waals surface area contributed by atoms with Crippen LogP contribution in [0.1, 0.15) is 12.5 Å². The van der Waals surface area contributed by atoms with Gasteiger partial charge in [-0.3, -0.25) is 4.79 Å². The standard InChI is InChI=1S/C13H14O4/c1-2-17-13(15)12(14)8-9-16-10-11-6-4-3-5-7-11/h3-9H,2,10H2,1H3. The van der Waals surface area contributed by atoms with Crippen molar-refractivity contribution >= 4 is 11.8 Å². The SMILES string of the molecule is CCOC(=O)C(=O)C=COCc1ccccc1. The van der Waals surface area contributed by atoms with Crippen molar-refractivity contribution in [1.29, 1.82) is 0 Å². The predicted octanol–water partition coefficient (Wildman–Crippen LogP) is 1.85. The van der Waals surface area contributed by atoms with Crippen LogP contribution in [0.3, 0.4) is 0 Å². The molecular formula is C13H14O4. The fourth-order valence-corrected chi connectivity index (χ4v) is 1.10. The van der Waals surface area contributed by atoms with E-state index in [1.807, 2.05) is 30.3 Å². The van der Waals surface area contributed by atoms with Gasteiger partial charge >= 0.3 is 5.97 Å². The minimum absolute atomic E-state index is 0.184. The average Bonchev–Trinajstić information content (AvgIpc) is 2.36. The quantitative estimate of drug-likeness (QED) is 0.326. The van der Waals surface area contributed by atoms with Gasteiger partial charge in [-0.15, -0.1) is 0 Å². The van der Waals surface area contributed by atoms with Crippen LogP contribution in [0, 0.1) is 0 Å². The van der Waals surface area contributed by atoms with Gasteiger partial charge in [-0.2, -0.15) is 0 Å². The zero-order chi connectivity index (χ0) is 12.5. The number of hydrogen-bond acceptors (Lipinski definition) is 4. The van der Waals surface area contributed by atoms with Crippen LogP contribution in [-0.4, -0.2) is 18.4 Å². The second-order valence-electron chi connectivity index (χ2n) is 3.18. The molecule has 4 nitrogen and oxygen atoms in total. The molecule has 0 aliphatic rings. The normalized spacial score (nSPS) is 10.2. The molecule has 0 fully saturated rings. The van der Waals surface area contributed by atoms with Crippen molar-refractivity contribution in [2.75, 3.05) is 6.61 Å². The van der Waals surface area contributed by atoms with Gasteiger partial charge in [0.1, 0.15) is 6.61 Å². The molecule has 0 radical (unpaired) electrons. The van der Waals surface area contributed by atoms with E-state index in [2.05, 4.69) is 4.74 Å². The van der Waals surface area contributed by atoms with Crippen LogP contribution in [0.5, 0.6) is 0 Å². The fourth-order valence-electron chi connectivity index (χ4n) is 1.10. The third-order valence-electron chi connectivity index (χ3n) is 1.89. The van der Waals surface area contributed by atoms with E-state index in [1.54, 1.807) is 6.92 Å². The Hall–Kier alpha value is -2.10. The molecule has 0 amide bonds. The minimum atomic E-state index is -0.868. The minimum Gasteiger partial charge on any atom is -0.496 e. The number of esters is 1. The van der Waals surface area contributed by atoms with Crippen LogP contribution in [0.2, 0.25) is 0 Å². The average molecular weight is 234 g/mol. The molecule has 1 aromatic rings. The summed E-state index contributed by atoms with van der Waals surface area (Å²) in [6.07, 6.45) is 2.26. The molecule has 0 heterocycles. The summed E-state index contributed by atoms with van der Waals surface area (Å²) in [5.41, 5.74) is 0.987. The van der Waals surface area contributed by atoms with Crippen molar-refractivity contribution in [3.05, 3.63) is 48.2 Å². The van der Waals surface area contributed by atoms with Gasteiger partial charge in [0.15, 0.2) is 0 Å². The third kappa shape index (κ3) is 4.97. The number of benzene rings is 1. The van der Waals surface area contributed by atoms with Crippen molar-refractivity contribution in [3.8, 4) is 0 Å². The Labute approximate surface area is 99.8 Å². The van der Waals surface area contributed by atoms with E-state index < -0.39 is 11.8 Å². The first-order chi connectivity index (χ1) is 8.24. The van der Waals surface area contributed by atoms with Crippen LogP contribution in [0.15, 0.2) is 42.7 Å². The lowest BCUT2D eigenvalue weighted by atomic mass is 10.2. The van der Waals surface area contributed by atoms with Crippen molar-refractivity contribution in [3.63, 3.8) is 0 Å². The first-order valence-electron chi connectivity index (χ1n) is 5.27. The molecule has 0 aliphatic heterocycles. The molecule has 0 bridgehead atoms. The van der Waals surface area contributed by atoms with Gasteiger partial charge in [0, 0.05) is 6.08 Å². The molecule has 0 atom stereocenters. The highest BCUT2D eigenvalue weighted by Crippen LogP contribution is 2.00. The van der Waals surface area contributed by atoms with E-state index in [0.717, 1.165) is 11.6 Å². The van der Waals surface area contributed by atoms with E-state index in [4.69, 9.17) is 4.74 Å². The Bertz CT molecular complexity index is 395. The largest absolute Gasteiger partial charge is 0.496 e. The molecule has 1 aromatic carbocycles. The van der Waals surface area contributed by atoms with Gasteiger partial charge in [-0.25, -0.2) is 4.79 Å². The molecule has 0 aliphatic carbocycles. The smallest absolute Gasteiger partial charge is 0.379 e. The monoisotopic (exact) mass is 234 g/mol. The summed E-state index contributed by atoms with van der Waals surface area (Å²) in [6.45, 7) is 2.18. The van der Waals surface area contributed by atoms with E-state index >= 15 is 0 Å². The fraction of sp³-hybridized carbons (Fsp3) is 0.231. The van der Waals surface area contributed by atoms with Crippen LogP contribution < -0.4 is 0 Å². The van der Waals surface area contributed by atoms with Gasteiger partial charge in [-0.1, -0.05) is 30.3 Å². The number of carbonyl (C=O) groups is 2. The number of hydrogen-bond donors (Lipinski definition) is 0. The number of ketones is 1. The molecule has 0 saturated heterocycles. The van der Waals surface area contributed by atoms with E-state index in [9.17, 15) is 9.59 Å². The molecule has 1 rings (SSSR count). The Balaban J connectivity index is 2.31. The summed E-state index contributed by atoms with van der Waals surface area (Å²) in [4.78, 5) is 22.0. The highest BCUT2D eigenvalue weighted by molar-refractivity contribution is 6.38. The van der Waals surface area contributed by atoms with Gasteiger partial charge in [-0.05, 0) is 12.5 Å². The van der Waals surface area contributed by atoms with Crippen molar-refractivity contribution < 1.29 is 19.1 Å². The maximum absolute atomic E-state index is 11.1. The molecule has 17 heavy (non-hydrogen) atoms. The molecular weight excluding hydrogens is 220 g/mol. The Morgan fingerprint density at radius 3 is 2.59 bits per heavy atom. The highest BCUT2D eigenvalue weighted by Gasteiger charge is 2.10. The number of ether oxygens (including phenoxy) is 2. The lowest BCUT2D eigenvalue weighted by Crippen LogP contribution is -2.14. The second-order valence-corrected chi connectivity index (χ2v) is 3.18. The lowest BCUT2D eigenvalue weighted by molar-refractivity contribution is -0.151. The van der Waals surface area contributed by atoms with Gasteiger partial charge in [0.25, 0.3) is 5.78 Å². The topological polar surface area (TPSA) is 52.6 Å². The van der Waals surface area contributed by atoms with Gasteiger partial charge in [0.2, 0.25) is 0 Å². The van der Waals surface area contributed by atoms with Gasteiger partial charge in [0.05, 0.1) is 12.9 Å². The van der Waals surface area contributed by atoms with E-state index in [-0.39, 0.29) is 6.61 Å². The summed E-state index contributed by atoms with van der Waals surface area (Å²) < 4.78 is 9.63. The highest BCUT2D eigenvalue weighted by atomic mass is 16.5. The summed E-state index contributed by atoms with van der Waals surface area (Å²) in [5.74, 6) is -1.59. The Morgan fingerprint density at radius 1 is 1.24 bits per heavy atom. The molecule has 0 N–H and O–H groups in total. The summed E-state index contributed by atoms with van der Waals surface area (Å²) >= 11 is 0. The Kier molecular flexibility index (Phi) is 5.51. The molecule has 0 unspecified atom stereocenters. The van der Waals surface area contributed by atoms with Gasteiger partial charge < -0.3 is 9.47 Å². The van der Waals surface area contributed by atoms with E-state index in [1.165, 1.54) is 6.26 Å². The van der Waals surface area contributed by atoms with Crippen LogP contribution in [0.4, 0.5) is 0 Å². The third-order valence-corrected chi connectivity index (χ3v) is 1.89. The maximum atomic E-state index is 11.1. The van der Waals surface area contributed by atoms with E-state index in [0.29, 0.717) is 6.61 Å². The first kappa shape index (κ1) is 13.0. The van der Waals surface area contributed by atoms with Crippen molar-refractivity contribution in [1.82, 2.24) is 0 Å². The maximum Gasteiger partial charge on any atom is 0.379 e. The first-order valence-corrected chi connectivity index (χ1v) is 5.27. The molecule has 4 heteroatoms. The van der Waals surface area contributed by atoms with Crippen molar-refractivity contribution in [2.24, 2.45) is 0 Å². The predicted molar refractivity (Wildman–Crippen MR) is 62.0 cm³/mol. The number of rotatable bonds is 6. The van der Waals surface area contributed by atoms with Crippen LogP contribution >= 0.6 is 0 Å². The lowest BCUT2D eigenvalue weighted by Gasteiger charge is -2.00.